The van der Waals surface area contributed by atoms with E-state index >= 15 is 0 Å². The van der Waals surface area contributed by atoms with E-state index in [9.17, 15) is 5.11 Å². The number of rotatable bonds is 7. The summed E-state index contributed by atoms with van der Waals surface area (Å²) in [6.45, 7) is 4.69. The molecule has 0 aliphatic heterocycles. The highest BCUT2D eigenvalue weighted by Crippen LogP contribution is 2.36. The van der Waals surface area contributed by atoms with Gasteiger partial charge >= 0.3 is 0 Å². The Hall–Kier alpha value is -0.770. The Morgan fingerprint density at radius 1 is 1.42 bits per heavy atom. The minimum Gasteiger partial charge on any atom is -0.395 e. The molecule has 1 saturated carbocycles. The van der Waals surface area contributed by atoms with Gasteiger partial charge in [-0.25, -0.2) is 0 Å². The van der Waals surface area contributed by atoms with Crippen molar-refractivity contribution in [2.24, 2.45) is 0 Å². The summed E-state index contributed by atoms with van der Waals surface area (Å²) in [5.74, 6) is 0. The normalized spacial score (nSPS) is 15.3. The van der Waals surface area contributed by atoms with Gasteiger partial charge in [0.25, 0.3) is 0 Å². The molecule has 0 unspecified atom stereocenters. The summed E-state index contributed by atoms with van der Waals surface area (Å²) in [6, 6.07) is 6.59. The van der Waals surface area contributed by atoms with Crippen LogP contribution in [-0.4, -0.2) is 30.8 Å². The second kappa shape index (κ2) is 7.13. The molecule has 3 nitrogen and oxygen atoms in total. The monoisotopic (exact) mass is 282 g/mol. The highest BCUT2D eigenvalue weighted by molar-refractivity contribution is 6.33. The third-order valence-electron chi connectivity index (χ3n) is 3.78. The van der Waals surface area contributed by atoms with Crippen molar-refractivity contribution in [2.45, 2.75) is 38.8 Å². The van der Waals surface area contributed by atoms with Crippen LogP contribution in [0.2, 0.25) is 5.02 Å². The fourth-order valence-corrected chi connectivity index (χ4v) is 2.87. The van der Waals surface area contributed by atoms with Crippen LogP contribution < -0.4 is 10.2 Å². The predicted octanol–water partition coefficient (Wildman–Crippen LogP) is 2.80. The second-order valence-corrected chi connectivity index (χ2v) is 5.44. The minimum absolute atomic E-state index is 0.169. The van der Waals surface area contributed by atoms with Gasteiger partial charge in [0.2, 0.25) is 0 Å². The first-order valence-electron chi connectivity index (χ1n) is 7.13. The second-order valence-electron chi connectivity index (χ2n) is 5.03. The molecule has 1 aliphatic carbocycles. The topological polar surface area (TPSA) is 35.5 Å². The van der Waals surface area contributed by atoms with Gasteiger partial charge in [-0.3, -0.25) is 0 Å². The zero-order valence-electron chi connectivity index (χ0n) is 11.5. The number of anilines is 1. The number of nitrogens with one attached hydrogen (secondary N) is 1. The van der Waals surface area contributed by atoms with Crippen molar-refractivity contribution in [2.75, 3.05) is 24.6 Å². The maximum Gasteiger partial charge on any atom is 0.0643 e. The van der Waals surface area contributed by atoms with E-state index in [0.29, 0.717) is 12.6 Å². The summed E-state index contributed by atoms with van der Waals surface area (Å²) in [7, 11) is 0. The number of hydrogen-bond donors (Lipinski definition) is 2. The molecule has 2 rings (SSSR count). The van der Waals surface area contributed by atoms with E-state index in [1.165, 1.54) is 24.8 Å². The third-order valence-corrected chi connectivity index (χ3v) is 4.08. The molecular formula is C15H23ClN2O. The smallest absolute Gasteiger partial charge is 0.0643 e. The predicted molar refractivity (Wildman–Crippen MR) is 80.9 cm³/mol. The van der Waals surface area contributed by atoms with Crippen LogP contribution in [0.5, 0.6) is 0 Å². The van der Waals surface area contributed by atoms with Crippen LogP contribution in [0.15, 0.2) is 18.2 Å². The zero-order valence-corrected chi connectivity index (χ0v) is 12.3. The van der Waals surface area contributed by atoms with Crippen molar-refractivity contribution < 1.29 is 5.11 Å². The molecule has 4 heteroatoms. The summed E-state index contributed by atoms with van der Waals surface area (Å²) < 4.78 is 0. The molecule has 106 valence electrons. The van der Waals surface area contributed by atoms with Gasteiger partial charge < -0.3 is 15.3 Å². The van der Waals surface area contributed by atoms with E-state index < -0.39 is 0 Å². The quantitative estimate of drug-likeness (QED) is 0.807. The molecule has 0 amide bonds. The van der Waals surface area contributed by atoms with Crippen molar-refractivity contribution in [1.82, 2.24) is 5.32 Å². The van der Waals surface area contributed by atoms with Crippen molar-refractivity contribution in [1.29, 1.82) is 0 Å². The molecule has 1 fully saturated rings. The molecule has 0 heterocycles. The number of para-hydroxylation sites is 1. The largest absolute Gasteiger partial charge is 0.395 e. The van der Waals surface area contributed by atoms with Gasteiger partial charge in [0.05, 0.1) is 17.3 Å². The SMILES string of the molecule is CCNCc1cccc(Cl)c1N(CCO)C1CCC1. The molecule has 0 aromatic heterocycles. The van der Waals surface area contributed by atoms with E-state index in [1.807, 2.05) is 12.1 Å². The standard InChI is InChI=1S/C15H23ClN2O/c1-2-17-11-12-5-3-8-14(16)15(12)18(9-10-19)13-6-4-7-13/h3,5,8,13,17,19H,2,4,6-7,9-11H2,1H3. The first-order chi connectivity index (χ1) is 9.27. The van der Waals surface area contributed by atoms with Crippen molar-refractivity contribution in [3.63, 3.8) is 0 Å². The number of benzene rings is 1. The summed E-state index contributed by atoms with van der Waals surface area (Å²) in [5, 5.41) is 13.5. The van der Waals surface area contributed by atoms with Gasteiger partial charge in [-0.15, -0.1) is 0 Å². The number of aliphatic hydroxyl groups excluding tert-OH is 1. The third kappa shape index (κ3) is 3.41. The molecule has 0 spiro atoms. The summed E-state index contributed by atoms with van der Waals surface area (Å²) in [5.41, 5.74) is 2.32. The molecule has 1 aliphatic rings. The number of nitrogens with zero attached hydrogens (tertiary/aromatic N) is 1. The number of hydrogen-bond acceptors (Lipinski definition) is 3. The van der Waals surface area contributed by atoms with Crippen LogP contribution in [-0.2, 0) is 6.54 Å². The summed E-state index contributed by atoms with van der Waals surface area (Å²) in [6.07, 6.45) is 3.68. The zero-order chi connectivity index (χ0) is 13.7. The molecular weight excluding hydrogens is 260 g/mol. The van der Waals surface area contributed by atoms with Crippen LogP contribution >= 0.6 is 11.6 Å². The number of aliphatic hydroxyl groups is 1. The molecule has 0 atom stereocenters. The van der Waals surface area contributed by atoms with Crippen LogP contribution in [0.3, 0.4) is 0 Å². The highest BCUT2D eigenvalue weighted by atomic mass is 35.5. The molecule has 2 N–H and O–H groups in total. The number of halogens is 1. The Balaban J connectivity index is 2.27. The molecule has 0 radical (unpaired) electrons. The van der Waals surface area contributed by atoms with E-state index in [0.717, 1.165) is 23.8 Å². The fraction of sp³-hybridized carbons (Fsp3) is 0.600. The van der Waals surface area contributed by atoms with E-state index in [-0.39, 0.29) is 6.61 Å². The van der Waals surface area contributed by atoms with Crippen molar-refractivity contribution in [3.05, 3.63) is 28.8 Å². The van der Waals surface area contributed by atoms with Gasteiger partial charge in [-0.05, 0) is 37.4 Å². The maximum absolute atomic E-state index is 9.32. The molecule has 1 aromatic rings. The maximum atomic E-state index is 9.32. The highest BCUT2D eigenvalue weighted by Gasteiger charge is 2.27. The Bertz CT molecular complexity index is 407. The summed E-state index contributed by atoms with van der Waals surface area (Å²) >= 11 is 6.41. The minimum atomic E-state index is 0.169. The van der Waals surface area contributed by atoms with Gasteiger partial charge in [-0.2, -0.15) is 0 Å². The molecule has 19 heavy (non-hydrogen) atoms. The molecule has 1 aromatic carbocycles. The lowest BCUT2D eigenvalue weighted by Gasteiger charge is -2.40. The first kappa shape index (κ1) is 14.6. The first-order valence-corrected chi connectivity index (χ1v) is 7.51. The molecule has 0 bridgehead atoms. The van der Waals surface area contributed by atoms with Gasteiger partial charge in [0, 0.05) is 19.1 Å². The average molecular weight is 283 g/mol. The van der Waals surface area contributed by atoms with E-state index in [4.69, 9.17) is 11.6 Å². The van der Waals surface area contributed by atoms with Crippen molar-refractivity contribution in [3.8, 4) is 0 Å². The lowest BCUT2D eigenvalue weighted by atomic mass is 9.90. The van der Waals surface area contributed by atoms with E-state index in [1.54, 1.807) is 0 Å². The van der Waals surface area contributed by atoms with E-state index in [2.05, 4.69) is 23.2 Å². The summed E-state index contributed by atoms with van der Waals surface area (Å²) in [4.78, 5) is 2.29. The Morgan fingerprint density at radius 3 is 2.79 bits per heavy atom. The van der Waals surface area contributed by atoms with Crippen molar-refractivity contribution >= 4 is 17.3 Å². The van der Waals surface area contributed by atoms with Crippen LogP contribution in [0.1, 0.15) is 31.7 Å². The van der Waals surface area contributed by atoms with Crippen LogP contribution in [0.25, 0.3) is 0 Å². The Kier molecular flexibility index (Phi) is 5.49. The van der Waals surface area contributed by atoms with Gasteiger partial charge in [0.15, 0.2) is 0 Å². The van der Waals surface area contributed by atoms with Gasteiger partial charge in [-0.1, -0.05) is 30.7 Å². The molecule has 0 saturated heterocycles. The Morgan fingerprint density at radius 2 is 2.21 bits per heavy atom. The van der Waals surface area contributed by atoms with Gasteiger partial charge in [0.1, 0.15) is 0 Å². The van der Waals surface area contributed by atoms with Crippen LogP contribution in [0.4, 0.5) is 5.69 Å². The lowest BCUT2D eigenvalue weighted by Crippen LogP contribution is -2.42. The average Bonchev–Trinajstić information content (AvgIpc) is 2.34. The lowest BCUT2D eigenvalue weighted by molar-refractivity contribution is 0.283. The Labute approximate surface area is 120 Å². The fourth-order valence-electron chi connectivity index (χ4n) is 2.57. The van der Waals surface area contributed by atoms with Crippen LogP contribution in [0, 0.1) is 0 Å².